The Balaban J connectivity index is 1.53. The zero-order valence-corrected chi connectivity index (χ0v) is 14.6. The number of benzene rings is 1. The lowest BCUT2D eigenvalue weighted by molar-refractivity contribution is -0.0970. The molecule has 1 aliphatic carbocycles. The van der Waals surface area contributed by atoms with Gasteiger partial charge in [-0.25, -0.2) is 9.78 Å². The van der Waals surface area contributed by atoms with Crippen molar-refractivity contribution in [3.8, 4) is 0 Å². The van der Waals surface area contributed by atoms with Crippen molar-refractivity contribution < 1.29 is 4.79 Å². The number of rotatable bonds is 3. The number of nitrogens with one attached hydrogen (secondary N) is 1. The fraction of sp³-hybridized carbons (Fsp3) is 0.421. The Morgan fingerprint density at radius 3 is 2.64 bits per heavy atom. The Labute approximate surface area is 147 Å². The van der Waals surface area contributed by atoms with E-state index in [1.807, 2.05) is 48.2 Å². The van der Waals surface area contributed by atoms with Crippen molar-refractivity contribution in [3.63, 3.8) is 0 Å². The molecular weight excluding hydrogens is 314 g/mol. The van der Waals surface area contributed by atoms with Gasteiger partial charge in [0.25, 0.3) is 0 Å². The van der Waals surface area contributed by atoms with Crippen LogP contribution in [0.15, 0.2) is 42.6 Å². The summed E-state index contributed by atoms with van der Waals surface area (Å²) in [7, 11) is 3.82. The summed E-state index contributed by atoms with van der Waals surface area (Å²) in [6, 6.07) is 12.2. The minimum atomic E-state index is -0.123. The number of anilines is 2. The van der Waals surface area contributed by atoms with Gasteiger partial charge in [-0.15, -0.1) is 0 Å². The van der Waals surface area contributed by atoms with Crippen molar-refractivity contribution in [2.75, 3.05) is 30.9 Å². The summed E-state index contributed by atoms with van der Waals surface area (Å²) in [5.41, 5.74) is 1.48. The maximum atomic E-state index is 12.8. The number of hydrogen-bond donors (Lipinski definition) is 1. The lowest BCUT2D eigenvalue weighted by Gasteiger charge is -2.62. The van der Waals surface area contributed by atoms with Crippen molar-refractivity contribution in [1.29, 1.82) is 0 Å². The second kappa shape index (κ2) is 6.02. The van der Waals surface area contributed by atoms with E-state index in [0.29, 0.717) is 5.95 Å². The number of carbonyl (C=O) groups excluding carboxylic acids is 1. The molecule has 1 aromatic heterocycles. The highest BCUT2D eigenvalue weighted by molar-refractivity contribution is 5.89. The maximum absolute atomic E-state index is 12.8. The molecule has 1 aliphatic heterocycles. The Hall–Kier alpha value is -2.63. The summed E-state index contributed by atoms with van der Waals surface area (Å²) in [6.45, 7) is 0.811. The smallest absolute Gasteiger partial charge is 0.324 e. The molecule has 2 aliphatic rings. The highest BCUT2D eigenvalue weighted by atomic mass is 16.2. The molecular formula is C19H23N5O. The lowest BCUT2D eigenvalue weighted by Crippen LogP contribution is -2.64. The Bertz CT molecular complexity index is 772. The van der Waals surface area contributed by atoms with E-state index >= 15 is 0 Å². The van der Waals surface area contributed by atoms with Gasteiger partial charge in [0.05, 0.1) is 6.04 Å². The molecule has 1 unspecified atom stereocenters. The summed E-state index contributed by atoms with van der Waals surface area (Å²) in [6.07, 6.45) is 5.31. The van der Waals surface area contributed by atoms with Gasteiger partial charge < -0.3 is 9.80 Å². The molecule has 1 saturated heterocycles. The molecule has 25 heavy (non-hydrogen) atoms. The zero-order chi connectivity index (χ0) is 17.4. The molecule has 2 amide bonds. The molecule has 1 saturated carbocycles. The number of urea groups is 1. The highest BCUT2D eigenvalue weighted by Gasteiger charge is 2.58. The van der Waals surface area contributed by atoms with E-state index in [4.69, 9.17) is 0 Å². The van der Waals surface area contributed by atoms with E-state index < -0.39 is 0 Å². The van der Waals surface area contributed by atoms with E-state index in [-0.39, 0.29) is 17.5 Å². The van der Waals surface area contributed by atoms with Crippen molar-refractivity contribution in [2.45, 2.75) is 25.3 Å². The van der Waals surface area contributed by atoms with E-state index in [9.17, 15) is 4.79 Å². The summed E-state index contributed by atoms with van der Waals surface area (Å²) in [5.74, 6) is 1.11. The third kappa shape index (κ3) is 2.71. The standard InChI is InChI=1S/C19H23N5O/c1-23(2)15-9-12-20-17(21-15)22-18(25)24-13-19(10-6-11-19)16(24)14-7-4-3-5-8-14/h3-5,7-9,12,16H,6,10-11,13H2,1-2H3,(H,20,21,22,25). The Morgan fingerprint density at radius 1 is 1.24 bits per heavy atom. The van der Waals surface area contributed by atoms with Crippen molar-refractivity contribution >= 4 is 17.8 Å². The minimum Gasteiger partial charge on any atom is -0.363 e. The van der Waals surface area contributed by atoms with Crippen molar-refractivity contribution in [1.82, 2.24) is 14.9 Å². The third-order valence-corrected chi connectivity index (χ3v) is 5.42. The molecule has 2 fully saturated rings. The Morgan fingerprint density at radius 2 is 2.00 bits per heavy atom. The van der Waals surface area contributed by atoms with Gasteiger partial charge in [0.2, 0.25) is 5.95 Å². The maximum Gasteiger partial charge on any atom is 0.324 e. The fourth-order valence-corrected chi connectivity index (χ4v) is 3.98. The van der Waals surface area contributed by atoms with Crippen molar-refractivity contribution in [3.05, 3.63) is 48.2 Å². The van der Waals surface area contributed by atoms with Gasteiger partial charge in [-0.2, -0.15) is 4.98 Å². The van der Waals surface area contributed by atoms with Crippen LogP contribution in [-0.4, -0.2) is 41.5 Å². The van der Waals surface area contributed by atoms with Gasteiger partial charge in [-0.05, 0) is 24.5 Å². The van der Waals surface area contributed by atoms with Crippen LogP contribution in [-0.2, 0) is 0 Å². The summed E-state index contributed by atoms with van der Waals surface area (Å²) in [5, 5.41) is 2.86. The van der Waals surface area contributed by atoms with E-state index in [1.165, 1.54) is 24.8 Å². The van der Waals surface area contributed by atoms with E-state index in [2.05, 4.69) is 27.4 Å². The summed E-state index contributed by atoms with van der Waals surface area (Å²) >= 11 is 0. The average Bonchev–Trinajstić information content (AvgIpc) is 2.54. The number of nitrogens with zero attached hydrogens (tertiary/aromatic N) is 4. The van der Waals surface area contributed by atoms with E-state index in [1.54, 1.807) is 6.20 Å². The molecule has 130 valence electrons. The predicted molar refractivity (Wildman–Crippen MR) is 97.6 cm³/mol. The van der Waals surface area contributed by atoms with Crippen LogP contribution in [0.3, 0.4) is 0 Å². The molecule has 0 bridgehead atoms. The zero-order valence-electron chi connectivity index (χ0n) is 14.6. The highest BCUT2D eigenvalue weighted by Crippen LogP contribution is 2.60. The monoisotopic (exact) mass is 337 g/mol. The molecule has 2 aromatic rings. The van der Waals surface area contributed by atoms with Crippen LogP contribution in [0.5, 0.6) is 0 Å². The van der Waals surface area contributed by atoms with Crippen LogP contribution in [0.2, 0.25) is 0 Å². The van der Waals surface area contributed by atoms with Crippen LogP contribution in [0.4, 0.5) is 16.6 Å². The molecule has 1 spiro atoms. The van der Waals surface area contributed by atoms with Gasteiger partial charge in [0, 0.05) is 32.3 Å². The second-order valence-corrected chi connectivity index (χ2v) is 7.22. The third-order valence-electron chi connectivity index (χ3n) is 5.42. The first-order valence-corrected chi connectivity index (χ1v) is 8.72. The van der Waals surface area contributed by atoms with Crippen LogP contribution < -0.4 is 10.2 Å². The van der Waals surface area contributed by atoms with Gasteiger partial charge in [-0.3, -0.25) is 5.32 Å². The Kier molecular flexibility index (Phi) is 3.82. The van der Waals surface area contributed by atoms with Gasteiger partial charge in [0.15, 0.2) is 0 Å². The molecule has 1 aromatic carbocycles. The van der Waals surface area contributed by atoms with Crippen LogP contribution >= 0.6 is 0 Å². The summed E-state index contributed by atoms with van der Waals surface area (Å²) < 4.78 is 0. The first-order valence-electron chi connectivity index (χ1n) is 8.72. The molecule has 2 heterocycles. The fourth-order valence-electron chi connectivity index (χ4n) is 3.98. The molecule has 4 rings (SSSR count). The van der Waals surface area contributed by atoms with Gasteiger partial charge in [-0.1, -0.05) is 36.8 Å². The molecule has 6 nitrogen and oxygen atoms in total. The van der Waals surface area contributed by atoms with Gasteiger partial charge >= 0.3 is 6.03 Å². The number of amides is 2. The molecule has 1 N–H and O–H groups in total. The van der Waals surface area contributed by atoms with Crippen LogP contribution in [0.25, 0.3) is 0 Å². The summed E-state index contributed by atoms with van der Waals surface area (Å²) in [4.78, 5) is 25.2. The topological polar surface area (TPSA) is 61.4 Å². The predicted octanol–water partition coefficient (Wildman–Crippen LogP) is 3.30. The number of likely N-dealkylation sites (tertiary alicyclic amines) is 1. The molecule has 6 heteroatoms. The molecule has 0 radical (unpaired) electrons. The number of aromatic nitrogens is 2. The SMILES string of the molecule is CN(C)c1ccnc(NC(=O)N2CC3(CCC3)C2c2ccccc2)n1. The van der Waals surface area contributed by atoms with Gasteiger partial charge in [0.1, 0.15) is 5.82 Å². The van der Waals surface area contributed by atoms with Crippen molar-refractivity contribution in [2.24, 2.45) is 5.41 Å². The molecule has 1 atom stereocenters. The van der Waals surface area contributed by atoms with E-state index in [0.717, 1.165) is 12.4 Å². The lowest BCUT2D eigenvalue weighted by atomic mass is 9.56. The number of hydrogen-bond acceptors (Lipinski definition) is 4. The minimum absolute atomic E-state index is 0.123. The normalized spacial score (nSPS) is 20.6. The quantitative estimate of drug-likeness (QED) is 0.933. The first-order chi connectivity index (χ1) is 12.1. The van der Waals surface area contributed by atoms with Crippen LogP contribution in [0.1, 0.15) is 30.9 Å². The second-order valence-electron chi connectivity index (χ2n) is 7.22. The van der Waals surface area contributed by atoms with Crippen LogP contribution in [0, 0.1) is 5.41 Å². The largest absolute Gasteiger partial charge is 0.363 e. The number of carbonyl (C=O) groups is 1. The average molecular weight is 337 g/mol. The first kappa shape index (κ1) is 15.9.